The highest BCUT2D eigenvalue weighted by atomic mass is 19.4. The Labute approximate surface area is 157 Å². The Morgan fingerprint density at radius 3 is 2.57 bits per heavy atom. The first kappa shape index (κ1) is 19.6. The van der Waals surface area contributed by atoms with E-state index < -0.39 is 23.9 Å². The molecule has 28 heavy (non-hydrogen) atoms. The van der Waals surface area contributed by atoms with Crippen LogP contribution in [0, 0.1) is 12.7 Å². The Hall–Kier alpha value is -3.17. The lowest BCUT2D eigenvalue weighted by Crippen LogP contribution is -2.38. The molecule has 0 bridgehead atoms. The van der Waals surface area contributed by atoms with Crippen LogP contribution >= 0.6 is 0 Å². The van der Waals surface area contributed by atoms with Crippen LogP contribution in [0.25, 0.3) is 5.65 Å². The molecule has 1 atom stereocenters. The van der Waals surface area contributed by atoms with Crippen molar-refractivity contribution in [2.75, 3.05) is 6.61 Å². The standard InChI is InChI=1S/C18H16F4N4O2/c1-3-28-13-8-10(2)26-9-23-14(16(26)24-13)17(27)25-15(18(20,21)22)11-4-6-12(19)7-5-11/h4-9,15H,3H2,1-2H3,(H,25,27). The van der Waals surface area contributed by atoms with Crippen molar-refractivity contribution in [1.82, 2.24) is 19.7 Å². The molecule has 0 aliphatic carbocycles. The molecule has 3 aromatic rings. The van der Waals surface area contributed by atoms with E-state index in [1.807, 2.05) is 5.32 Å². The topological polar surface area (TPSA) is 68.5 Å². The fourth-order valence-electron chi connectivity index (χ4n) is 2.68. The average Bonchev–Trinajstić information content (AvgIpc) is 3.04. The summed E-state index contributed by atoms with van der Waals surface area (Å²) in [5.41, 5.74) is 0.137. The monoisotopic (exact) mass is 396 g/mol. The van der Waals surface area contributed by atoms with Gasteiger partial charge in [0.25, 0.3) is 5.91 Å². The molecule has 3 rings (SSSR count). The predicted molar refractivity (Wildman–Crippen MR) is 91.6 cm³/mol. The van der Waals surface area contributed by atoms with Gasteiger partial charge in [0.1, 0.15) is 12.1 Å². The minimum Gasteiger partial charge on any atom is -0.478 e. The number of hydrogen-bond acceptors (Lipinski definition) is 4. The third-order valence-corrected chi connectivity index (χ3v) is 3.98. The SMILES string of the molecule is CCOc1cc(C)n2cnc(C(=O)NC(c3ccc(F)cc3)C(F)(F)F)c2n1. The number of ether oxygens (including phenoxy) is 1. The van der Waals surface area contributed by atoms with Crippen LogP contribution in [0.15, 0.2) is 36.7 Å². The van der Waals surface area contributed by atoms with Crippen LogP contribution in [0.1, 0.15) is 34.7 Å². The van der Waals surface area contributed by atoms with Gasteiger partial charge in [0.15, 0.2) is 17.4 Å². The molecule has 2 aromatic heterocycles. The summed E-state index contributed by atoms with van der Waals surface area (Å²) in [6, 6.07) is 3.02. The van der Waals surface area contributed by atoms with Crippen LogP contribution in [0.2, 0.25) is 0 Å². The van der Waals surface area contributed by atoms with E-state index in [2.05, 4.69) is 9.97 Å². The second-order valence-corrected chi connectivity index (χ2v) is 5.96. The summed E-state index contributed by atoms with van der Waals surface area (Å²) >= 11 is 0. The molecule has 0 aliphatic heterocycles. The minimum atomic E-state index is -4.79. The van der Waals surface area contributed by atoms with Gasteiger partial charge in [-0.3, -0.25) is 9.20 Å². The van der Waals surface area contributed by atoms with Gasteiger partial charge < -0.3 is 10.1 Å². The molecule has 148 valence electrons. The van der Waals surface area contributed by atoms with Gasteiger partial charge >= 0.3 is 6.18 Å². The fraction of sp³-hybridized carbons (Fsp3) is 0.278. The summed E-state index contributed by atoms with van der Waals surface area (Å²) < 4.78 is 60.3. The zero-order valence-corrected chi connectivity index (χ0v) is 14.9. The molecule has 0 radical (unpaired) electrons. The summed E-state index contributed by atoms with van der Waals surface area (Å²) in [5, 5.41) is 1.92. The van der Waals surface area contributed by atoms with Crippen molar-refractivity contribution < 1.29 is 27.1 Å². The van der Waals surface area contributed by atoms with Crippen molar-refractivity contribution in [2.24, 2.45) is 0 Å². The predicted octanol–water partition coefficient (Wildman–Crippen LogP) is 3.61. The van der Waals surface area contributed by atoms with Gasteiger partial charge in [0.2, 0.25) is 5.88 Å². The van der Waals surface area contributed by atoms with Crippen LogP contribution in [0.4, 0.5) is 17.6 Å². The largest absolute Gasteiger partial charge is 0.478 e. The molecule has 1 amide bonds. The van der Waals surface area contributed by atoms with E-state index in [0.29, 0.717) is 12.3 Å². The van der Waals surface area contributed by atoms with Gasteiger partial charge in [-0.05, 0) is 31.5 Å². The maximum Gasteiger partial charge on any atom is 0.412 e. The molecule has 0 aliphatic rings. The Bertz CT molecular complexity index is 999. The van der Waals surface area contributed by atoms with E-state index in [0.717, 1.165) is 24.3 Å². The summed E-state index contributed by atoms with van der Waals surface area (Å²) in [7, 11) is 0. The normalized spacial score (nSPS) is 12.8. The van der Waals surface area contributed by atoms with Crippen molar-refractivity contribution in [1.29, 1.82) is 0 Å². The fourth-order valence-corrected chi connectivity index (χ4v) is 2.68. The number of alkyl halides is 3. The molecule has 2 heterocycles. The van der Waals surface area contributed by atoms with Crippen molar-refractivity contribution in [3.63, 3.8) is 0 Å². The van der Waals surface area contributed by atoms with Crippen LogP contribution in [-0.2, 0) is 0 Å². The molecule has 1 unspecified atom stereocenters. The molecular formula is C18H16F4N4O2. The number of carbonyl (C=O) groups excluding carboxylic acids is 1. The zero-order valence-electron chi connectivity index (χ0n) is 14.9. The second-order valence-electron chi connectivity index (χ2n) is 5.96. The van der Waals surface area contributed by atoms with Gasteiger partial charge in [-0.25, -0.2) is 9.37 Å². The molecule has 0 fully saturated rings. The van der Waals surface area contributed by atoms with Crippen LogP contribution in [0.3, 0.4) is 0 Å². The van der Waals surface area contributed by atoms with Gasteiger partial charge in [0.05, 0.1) is 6.61 Å². The van der Waals surface area contributed by atoms with E-state index in [1.165, 1.54) is 10.7 Å². The number of fused-ring (bicyclic) bond motifs is 1. The number of rotatable bonds is 5. The Morgan fingerprint density at radius 2 is 1.96 bits per heavy atom. The molecule has 0 spiro atoms. The van der Waals surface area contributed by atoms with Gasteiger partial charge in [-0.2, -0.15) is 18.2 Å². The number of carbonyl (C=O) groups is 1. The van der Waals surface area contributed by atoms with E-state index >= 15 is 0 Å². The number of nitrogens with one attached hydrogen (secondary N) is 1. The second kappa shape index (κ2) is 7.45. The lowest BCUT2D eigenvalue weighted by atomic mass is 10.1. The summed E-state index contributed by atoms with van der Waals surface area (Å²) in [6.45, 7) is 3.80. The van der Waals surface area contributed by atoms with Gasteiger partial charge in [-0.15, -0.1) is 0 Å². The lowest BCUT2D eigenvalue weighted by Gasteiger charge is -2.21. The smallest absolute Gasteiger partial charge is 0.412 e. The van der Waals surface area contributed by atoms with Crippen molar-refractivity contribution in [2.45, 2.75) is 26.1 Å². The molecule has 0 saturated heterocycles. The maximum atomic E-state index is 13.5. The summed E-state index contributed by atoms with van der Waals surface area (Å²) in [5.74, 6) is -1.51. The number of aromatic nitrogens is 3. The molecule has 1 aromatic carbocycles. The third kappa shape index (κ3) is 3.90. The van der Waals surface area contributed by atoms with E-state index in [1.54, 1.807) is 19.9 Å². The number of halogens is 4. The highest BCUT2D eigenvalue weighted by Crippen LogP contribution is 2.33. The third-order valence-electron chi connectivity index (χ3n) is 3.98. The molecule has 0 saturated carbocycles. The molecule has 6 nitrogen and oxygen atoms in total. The Morgan fingerprint density at radius 1 is 1.29 bits per heavy atom. The number of nitrogens with zero attached hydrogens (tertiary/aromatic N) is 3. The van der Waals surface area contributed by atoms with Gasteiger partial charge in [0, 0.05) is 11.8 Å². The first-order valence-electron chi connectivity index (χ1n) is 8.31. The van der Waals surface area contributed by atoms with Crippen molar-refractivity contribution >= 4 is 11.6 Å². The lowest BCUT2D eigenvalue weighted by molar-refractivity contribution is -0.155. The maximum absolute atomic E-state index is 13.5. The zero-order chi connectivity index (χ0) is 20.5. The number of imidazole rings is 1. The quantitative estimate of drug-likeness (QED) is 0.669. The highest BCUT2D eigenvalue weighted by molar-refractivity contribution is 5.98. The van der Waals surface area contributed by atoms with Crippen LogP contribution in [-0.4, -0.2) is 33.1 Å². The van der Waals surface area contributed by atoms with Gasteiger partial charge in [-0.1, -0.05) is 12.1 Å². The molecule has 1 N–H and O–H groups in total. The Kier molecular flexibility index (Phi) is 5.21. The summed E-state index contributed by atoms with van der Waals surface area (Å²) in [6.07, 6.45) is -3.49. The van der Waals surface area contributed by atoms with E-state index in [4.69, 9.17) is 4.74 Å². The molecular weight excluding hydrogens is 380 g/mol. The molecule has 10 heteroatoms. The Balaban J connectivity index is 1.97. The van der Waals surface area contributed by atoms with E-state index in [-0.39, 0.29) is 22.8 Å². The first-order chi connectivity index (χ1) is 13.2. The number of amides is 1. The van der Waals surface area contributed by atoms with Crippen LogP contribution < -0.4 is 10.1 Å². The number of benzene rings is 1. The van der Waals surface area contributed by atoms with Crippen LogP contribution in [0.5, 0.6) is 5.88 Å². The first-order valence-corrected chi connectivity index (χ1v) is 8.31. The number of hydrogen-bond donors (Lipinski definition) is 1. The average molecular weight is 396 g/mol. The minimum absolute atomic E-state index is 0.0704. The van der Waals surface area contributed by atoms with E-state index in [9.17, 15) is 22.4 Å². The highest BCUT2D eigenvalue weighted by Gasteiger charge is 2.42. The van der Waals surface area contributed by atoms with Crippen molar-refractivity contribution in [3.8, 4) is 5.88 Å². The summed E-state index contributed by atoms with van der Waals surface area (Å²) in [4.78, 5) is 20.6. The van der Waals surface area contributed by atoms with Crippen molar-refractivity contribution in [3.05, 3.63) is 59.4 Å². The number of aryl methyl sites for hydroxylation is 1.